The van der Waals surface area contributed by atoms with Gasteiger partial charge in [-0.3, -0.25) is 9.59 Å². The normalized spacial score (nSPS) is 16.4. The lowest BCUT2D eigenvalue weighted by Crippen LogP contribution is -2.43. The van der Waals surface area contributed by atoms with E-state index in [-0.39, 0.29) is 23.9 Å². The second-order valence-electron chi connectivity index (χ2n) is 5.12. The summed E-state index contributed by atoms with van der Waals surface area (Å²) in [4.78, 5) is 28.9. The number of ketones is 1. The minimum Gasteiger partial charge on any atom is -0.478 e. The molecular weight excluding hydrogens is 298 g/mol. The maximum absolute atomic E-state index is 12.5. The molecule has 2 N–H and O–H groups in total. The lowest BCUT2D eigenvalue weighted by molar-refractivity contribution is -0.123. The Morgan fingerprint density at radius 1 is 1.39 bits per heavy atom. The minimum absolute atomic E-state index is 0.261. The number of hydrogen-bond acceptors (Lipinski definition) is 6. The van der Waals surface area contributed by atoms with Crippen molar-refractivity contribution in [1.29, 1.82) is 0 Å². The predicted octanol–water partition coefficient (Wildman–Crippen LogP) is 1.25. The number of rotatable bonds is 8. The molecule has 1 aliphatic heterocycles. The molecule has 0 fully saturated rings. The number of pyridine rings is 1. The van der Waals surface area contributed by atoms with Gasteiger partial charge in [-0.2, -0.15) is 0 Å². The molecule has 126 valence electrons. The van der Waals surface area contributed by atoms with Crippen molar-refractivity contribution in [3.8, 4) is 5.88 Å². The van der Waals surface area contributed by atoms with Crippen LogP contribution < -0.4 is 15.4 Å². The summed E-state index contributed by atoms with van der Waals surface area (Å²) in [7, 11) is 0. The predicted molar refractivity (Wildman–Crippen MR) is 85.8 cm³/mol. The zero-order chi connectivity index (χ0) is 16.7. The first-order valence-electron chi connectivity index (χ1n) is 7.94. The van der Waals surface area contributed by atoms with Gasteiger partial charge in [-0.15, -0.1) is 0 Å². The summed E-state index contributed by atoms with van der Waals surface area (Å²) >= 11 is 0. The monoisotopic (exact) mass is 321 g/mol. The molecule has 0 aliphatic carbocycles. The lowest BCUT2D eigenvalue weighted by Gasteiger charge is -2.23. The van der Waals surface area contributed by atoms with Gasteiger partial charge in [0.1, 0.15) is 11.6 Å². The van der Waals surface area contributed by atoms with Crippen LogP contribution in [-0.2, 0) is 9.53 Å². The topological polar surface area (TPSA) is 89.6 Å². The molecule has 23 heavy (non-hydrogen) atoms. The van der Waals surface area contributed by atoms with Gasteiger partial charge in [0.2, 0.25) is 11.8 Å². The van der Waals surface area contributed by atoms with E-state index in [1.54, 1.807) is 12.1 Å². The molecule has 1 unspecified atom stereocenters. The number of nitrogens with one attached hydrogen (secondary N) is 2. The van der Waals surface area contributed by atoms with Crippen molar-refractivity contribution < 1.29 is 19.1 Å². The van der Waals surface area contributed by atoms with E-state index in [2.05, 4.69) is 15.6 Å². The van der Waals surface area contributed by atoms with E-state index in [4.69, 9.17) is 9.47 Å². The Kier molecular flexibility index (Phi) is 6.34. The fourth-order valence-corrected chi connectivity index (χ4v) is 2.33. The number of carbonyl (C=O) groups is 2. The molecule has 1 aromatic heterocycles. The molecule has 7 nitrogen and oxygen atoms in total. The van der Waals surface area contributed by atoms with Crippen LogP contribution in [-0.4, -0.2) is 49.6 Å². The summed E-state index contributed by atoms with van der Waals surface area (Å²) in [5.74, 6) is -0.936. The highest BCUT2D eigenvalue weighted by Crippen LogP contribution is 2.25. The molecule has 0 saturated carbocycles. The number of Topliss-reactive ketones (excluding diaryl/α,β-unsaturated/α-hetero) is 1. The van der Waals surface area contributed by atoms with Gasteiger partial charge < -0.3 is 20.1 Å². The highest BCUT2D eigenvalue weighted by atomic mass is 16.5. The number of aromatic nitrogens is 1. The van der Waals surface area contributed by atoms with E-state index in [1.165, 1.54) is 0 Å². The number of hydrogen-bond donors (Lipinski definition) is 2. The molecule has 7 heteroatoms. The Labute approximate surface area is 135 Å². The summed E-state index contributed by atoms with van der Waals surface area (Å²) < 4.78 is 10.5. The molecule has 0 radical (unpaired) electrons. The smallest absolute Gasteiger partial charge is 0.232 e. The van der Waals surface area contributed by atoms with Gasteiger partial charge in [-0.25, -0.2) is 4.98 Å². The van der Waals surface area contributed by atoms with Crippen molar-refractivity contribution in [3.63, 3.8) is 0 Å². The van der Waals surface area contributed by atoms with Crippen LogP contribution in [0.3, 0.4) is 0 Å². The van der Waals surface area contributed by atoms with E-state index in [9.17, 15) is 9.59 Å². The van der Waals surface area contributed by atoms with Crippen LogP contribution in [0.4, 0.5) is 5.69 Å². The summed E-state index contributed by atoms with van der Waals surface area (Å²) in [5, 5.41) is 5.85. The lowest BCUT2D eigenvalue weighted by atomic mass is 9.95. The number of ether oxygens (including phenoxy) is 2. The highest BCUT2D eigenvalue weighted by molar-refractivity contribution is 6.13. The molecule has 1 amide bonds. The third kappa shape index (κ3) is 4.41. The third-order valence-corrected chi connectivity index (χ3v) is 3.49. The van der Waals surface area contributed by atoms with Gasteiger partial charge in [-0.05, 0) is 26.3 Å². The molecule has 1 aromatic rings. The van der Waals surface area contributed by atoms with Crippen LogP contribution in [0.2, 0.25) is 0 Å². The van der Waals surface area contributed by atoms with E-state index >= 15 is 0 Å². The second kappa shape index (κ2) is 8.47. The molecule has 0 bridgehead atoms. The molecule has 1 aliphatic rings. The Hall–Kier alpha value is -2.15. The Bertz CT molecular complexity index is 562. The quantitative estimate of drug-likeness (QED) is 0.553. The van der Waals surface area contributed by atoms with Crippen LogP contribution in [0, 0.1) is 5.92 Å². The molecule has 1 atom stereocenters. The van der Waals surface area contributed by atoms with Crippen LogP contribution in [0.25, 0.3) is 0 Å². The van der Waals surface area contributed by atoms with Crippen molar-refractivity contribution >= 4 is 17.4 Å². The second-order valence-corrected chi connectivity index (χ2v) is 5.12. The summed E-state index contributed by atoms with van der Waals surface area (Å²) in [6.45, 7) is 6.25. The molecule has 2 rings (SSSR count). The number of fused-ring (bicyclic) bond motifs is 1. The number of amides is 1. The van der Waals surface area contributed by atoms with E-state index < -0.39 is 5.92 Å². The minimum atomic E-state index is -0.765. The maximum Gasteiger partial charge on any atom is 0.232 e. The SMILES string of the molecule is CCOCCCNC(=O)C1CNc2ccc(OCC)nc2C1=O. The maximum atomic E-state index is 12.5. The van der Waals surface area contributed by atoms with Crippen LogP contribution in [0.1, 0.15) is 30.8 Å². The van der Waals surface area contributed by atoms with Crippen molar-refractivity contribution in [2.45, 2.75) is 20.3 Å². The number of carbonyl (C=O) groups excluding carboxylic acids is 2. The fraction of sp³-hybridized carbons (Fsp3) is 0.562. The number of nitrogens with zero attached hydrogens (tertiary/aromatic N) is 1. The summed E-state index contributed by atoms with van der Waals surface area (Å²) in [5.41, 5.74) is 0.899. The molecule has 0 aromatic carbocycles. The molecule has 2 heterocycles. The van der Waals surface area contributed by atoms with Gasteiger partial charge in [0.05, 0.1) is 12.3 Å². The molecule has 0 saturated heterocycles. The first-order valence-corrected chi connectivity index (χ1v) is 7.94. The first kappa shape index (κ1) is 17.2. The fourth-order valence-electron chi connectivity index (χ4n) is 2.33. The van der Waals surface area contributed by atoms with Crippen LogP contribution in [0.15, 0.2) is 12.1 Å². The van der Waals surface area contributed by atoms with Gasteiger partial charge in [-0.1, -0.05) is 0 Å². The average molecular weight is 321 g/mol. The van der Waals surface area contributed by atoms with Crippen LogP contribution in [0.5, 0.6) is 5.88 Å². The van der Waals surface area contributed by atoms with E-state index in [1.807, 2.05) is 13.8 Å². The number of anilines is 1. The van der Waals surface area contributed by atoms with E-state index in [0.29, 0.717) is 37.9 Å². The van der Waals surface area contributed by atoms with Gasteiger partial charge in [0.25, 0.3) is 0 Å². The van der Waals surface area contributed by atoms with Gasteiger partial charge in [0.15, 0.2) is 5.78 Å². The molecular formula is C16H23N3O4. The largest absolute Gasteiger partial charge is 0.478 e. The van der Waals surface area contributed by atoms with Gasteiger partial charge >= 0.3 is 0 Å². The first-order chi connectivity index (χ1) is 11.2. The van der Waals surface area contributed by atoms with Crippen molar-refractivity contribution in [2.75, 3.05) is 38.2 Å². The average Bonchev–Trinajstić information content (AvgIpc) is 2.55. The Morgan fingerprint density at radius 2 is 2.22 bits per heavy atom. The van der Waals surface area contributed by atoms with Crippen molar-refractivity contribution in [1.82, 2.24) is 10.3 Å². The zero-order valence-electron chi connectivity index (χ0n) is 13.6. The van der Waals surface area contributed by atoms with Crippen molar-refractivity contribution in [3.05, 3.63) is 17.8 Å². The summed E-state index contributed by atoms with van der Waals surface area (Å²) in [6, 6.07) is 3.46. The standard InChI is InChI=1S/C16H23N3O4/c1-3-22-9-5-8-17-16(21)11-10-18-12-6-7-13(23-4-2)19-14(12)15(11)20/h6-7,11,18H,3-5,8-10H2,1-2H3,(H,17,21). The highest BCUT2D eigenvalue weighted by Gasteiger charge is 2.34. The zero-order valence-corrected chi connectivity index (χ0v) is 13.6. The van der Waals surface area contributed by atoms with Crippen LogP contribution >= 0.6 is 0 Å². The van der Waals surface area contributed by atoms with Gasteiger partial charge in [0, 0.05) is 32.4 Å². The summed E-state index contributed by atoms with van der Waals surface area (Å²) in [6.07, 6.45) is 0.719. The van der Waals surface area contributed by atoms with Crippen molar-refractivity contribution in [2.24, 2.45) is 5.92 Å². The molecule has 0 spiro atoms. The Balaban J connectivity index is 1.96. The van der Waals surface area contributed by atoms with E-state index in [0.717, 1.165) is 6.42 Å². The third-order valence-electron chi connectivity index (χ3n) is 3.49. The Morgan fingerprint density at radius 3 is 2.96 bits per heavy atom.